The number of halogens is 1. The lowest BCUT2D eigenvalue weighted by Crippen LogP contribution is -2.47. The Labute approximate surface area is 132 Å². The average Bonchev–Trinajstić information content (AvgIpc) is 2.38. The van der Waals surface area contributed by atoms with Gasteiger partial charge < -0.3 is 10.6 Å². The van der Waals surface area contributed by atoms with Crippen LogP contribution >= 0.6 is 12.2 Å². The number of hydrogen-bond acceptors (Lipinski definition) is 1. The zero-order valence-electron chi connectivity index (χ0n) is 13.0. The fourth-order valence-electron chi connectivity index (χ4n) is 3.27. The molecular formula is C17H25FN2S. The third kappa shape index (κ3) is 4.67. The van der Waals surface area contributed by atoms with Crippen LogP contribution in [0.4, 0.5) is 10.1 Å². The summed E-state index contributed by atoms with van der Waals surface area (Å²) < 4.78 is 13.2. The standard InChI is InChI=1S/C17H25FN2S/c1-11(2)15-8-7-12(3)9-16(15)20-17(21)19-14-6-4-5-13(18)10-14/h4-6,10-12,15-16H,7-9H2,1-3H3,(H2,19,20,21)/t12-,15+,16-/m0/s1. The quantitative estimate of drug-likeness (QED) is 0.800. The van der Waals surface area contributed by atoms with Gasteiger partial charge >= 0.3 is 0 Å². The van der Waals surface area contributed by atoms with E-state index in [1.807, 2.05) is 6.07 Å². The lowest BCUT2D eigenvalue weighted by molar-refractivity contribution is 0.186. The highest BCUT2D eigenvalue weighted by molar-refractivity contribution is 7.80. The van der Waals surface area contributed by atoms with E-state index in [0.717, 1.165) is 12.3 Å². The van der Waals surface area contributed by atoms with Gasteiger partial charge in [-0.2, -0.15) is 0 Å². The second-order valence-corrected chi connectivity index (χ2v) is 6.95. The monoisotopic (exact) mass is 308 g/mol. The molecule has 0 aromatic heterocycles. The first-order chi connectivity index (χ1) is 9.95. The van der Waals surface area contributed by atoms with Gasteiger partial charge in [0.25, 0.3) is 0 Å². The number of thiocarbonyl (C=S) groups is 1. The maximum Gasteiger partial charge on any atom is 0.171 e. The zero-order valence-corrected chi connectivity index (χ0v) is 13.8. The SMILES string of the molecule is CC(C)[C@H]1CC[C@H](C)C[C@@H]1NC(=S)Nc1cccc(F)c1. The van der Waals surface area contributed by atoms with Gasteiger partial charge in [-0.25, -0.2) is 4.39 Å². The summed E-state index contributed by atoms with van der Waals surface area (Å²) in [6.07, 6.45) is 3.69. The van der Waals surface area contributed by atoms with Gasteiger partial charge in [0, 0.05) is 11.7 Å². The summed E-state index contributed by atoms with van der Waals surface area (Å²) in [5.74, 6) is 1.77. The molecule has 1 aromatic carbocycles. The Morgan fingerprint density at radius 2 is 2.10 bits per heavy atom. The van der Waals surface area contributed by atoms with E-state index in [-0.39, 0.29) is 5.82 Å². The van der Waals surface area contributed by atoms with E-state index in [9.17, 15) is 4.39 Å². The van der Waals surface area contributed by atoms with E-state index in [1.165, 1.54) is 25.0 Å². The molecule has 1 fully saturated rings. The molecule has 0 heterocycles. The molecule has 21 heavy (non-hydrogen) atoms. The van der Waals surface area contributed by atoms with Crippen molar-refractivity contribution < 1.29 is 4.39 Å². The van der Waals surface area contributed by atoms with Gasteiger partial charge in [-0.1, -0.05) is 33.3 Å². The number of anilines is 1. The Balaban J connectivity index is 1.96. The summed E-state index contributed by atoms with van der Waals surface area (Å²) in [7, 11) is 0. The molecule has 0 amide bonds. The summed E-state index contributed by atoms with van der Waals surface area (Å²) in [5, 5.41) is 7.12. The summed E-state index contributed by atoms with van der Waals surface area (Å²) >= 11 is 5.39. The Kier molecular flexibility index (Phi) is 5.57. The van der Waals surface area contributed by atoms with Gasteiger partial charge in [0.1, 0.15) is 5.82 Å². The van der Waals surface area contributed by atoms with Crippen molar-refractivity contribution in [1.82, 2.24) is 5.32 Å². The van der Waals surface area contributed by atoms with E-state index in [2.05, 4.69) is 31.4 Å². The maximum absolute atomic E-state index is 13.2. The molecule has 116 valence electrons. The molecule has 0 aliphatic heterocycles. The van der Waals surface area contributed by atoms with Gasteiger partial charge in [-0.15, -0.1) is 0 Å². The van der Waals surface area contributed by atoms with E-state index < -0.39 is 0 Å². The van der Waals surface area contributed by atoms with Crippen molar-refractivity contribution in [2.45, 2.75) is 46.1 Å². The molecule has 1 aromatic rings. The molecule has 3 atom stereocenters. The maximum atomic E-state index is 13.2. The second-order valence-electron chi connectivity index (χ2n) is 6.54. The summed E-state index contributed by atoms with van der Waals surface area (Å²) in [5.41, 5.74) is 0.692. The predicted molar refractivity (Wildman–Crippen MR) is 90.9 cm³/mol. The molecule has 2 nitrogen and oxygen atoms in total. The summed E-state index contributed by atoms with van der Waals surface area (Å²) in [6.45, 7) is 6.85. The van der Waals surface area contributed by atoms with Crippen molar-refractivity contribution in [3.05, 3.63) is 30.1 Å². The third-order valence-corrected chi connectivity index (χ3v) is 4.64. The predicted octanol–water partition coefficient (Wildman–Crippen LogP) is 4.57. The van der Waals surface area contributed by atoms with Crippen molar-refractivity contribution >= 4 is 23.0 Å². The molecule has 1 aliphatic carbocycles. The van der Waals surface area contributed by atoms with Crippen LogP contribution < -0.4 is 10.6 Å². The molecule has 4 heteroatoms. The average molecular weight is 308 g/mol. The van der Waals surface area contributed by atoms with Crippen LogP contribution in [0.5, 0.6) is 0 Å². The molecular weight excluding hydrogens is 283 g/mol. The number of rotatable bonds is 3. The van der Waals surface area contributed by atoms with Crippen LogP contribution in [-0.2, 0) is 0 Å². The van der Waals surface area contributed by atoms with Crippen LogP contribution in [0.3, 0.4) is 0 Å². The van der Waals surface area contributed by atoms with Crippen molar-refractivity contribution in [1.29, 1.82) is 0 Å². The lowest BCUT2D eigenvalue weighted by Gasteiger charge is -2.38. The third-order valence-electron chi connectivity index (χ3n) is 4.42. The molecule has 1 saturated carbocycles. The summed E-state index contributed by atoms with van der Waals surface area (Å²) in [6, 6.07) is 6.79. The first-order valence-electron chi connectivity index (χ1n) is 7.78. The van der Waals surface area contributed by atoms with Crippen LogP contribution in [-0.4, -0.2) is 11.2 Å². The zero-order chi connectivity index (χ0) is 15.4. The second kappa shape index (κ2) is 7.21. The Hall–Kier alpha value is -1.16. The topological polar surface area (TPSA) is 24.1 Å². The lowest BCUT2D eigenvalue weighted by atomic mass is 9.74. The smallest absolute Gasteiger partial charge is 0.171 e. The fraction of sp³-hybridized carbons (Fsp3) is 0.588. The number of benzene rings is 1. The summed E-state index contributed by atoms with van der Waals surface area (Å²) in [4.78, 5) is 0. The first-order valence-corrected chi connectivity index (χ1v) is 8.19. The number of hydrogen-bond donors (Lipinski definition) is 2. The van der Waals surface area contributed by atoms with Gasteiger partial charge in [-0.3, -0.25) is 0 Å². The first kappa shape index (κ1) is 16.2. The Bertz CT molecular complexity index is 489. The Morgan fingerprint density at radius 3 is 2.76 bits per heavy atom. The van der Waals surface area contributed by atoms with Gasteiger partial charge in [0.15, 0.2) is 5.11 Å². The van der Waals surface area contributed by atoms with Crippen LogP contribution in [0.25, 0.3) is 0 Å². The molecule has 0 spiro atoms. The van der Waals surface area contributed by atoms with Gasteiger partial charge in [0.2, 0.25) is 0 Å². The molecule has 2 N–H and O–H groups in total. The minimum absolute atomic E-state index is 0.255. The molecule has 0 bridgehead atoms. The van der Waals surface area contributed by atoms with Crippen LogP contribution in [0, 0.1) is 23.6 Å². The van der Waals surface area contributed by atoms with E-state index in [0.29, 0.717) is 28.7 Å². The molecule has 0 saturated heterocycles. The van der Waals surface area contributed by atoms with Crippen molar-refractivity contribution in [3.63, 3.8) is 0 Å². The van der Waals surface area contributed by atoms with Crippen LogP contribution in [0.2, 0.25) is 0 Å². The minimum atomic E-state index is -0.255. The van der Waals surface area contributed by atoms with Gasteiger partial charge in [0.05, 0.1) is 0 Å². The highest BCUT2D eigenvalue weighted by Gasteiger charge is 2.30. The van der Waals surface area contributed by atoms with E-state index in [1.54, 1.807) is 6.07 Å². The molecule has 0 unspecified atom stereocenters. The highest BCUT2D eigenvalue weighted by Crippen LogP contribution is 2.33. The van der Waals surface area contributed by atoms with E-state index >= 15 is 0 Å². The largest absolute Gasteiger partial charge is 0.359 e. The fourth-order valence-corrected chi connectivity index (χ4v) is 3.54. The van der Waals surface area contributed by atoms with Crippen LogP contribution in [0.1, 0.15) is 40.0 Å². The number of nitrogens with one attached hydrogen (secondary N) is 2. The van der Waals surface area contributed by atoms with Crippen molar-refractivity contribution in [3.8, 4) is 0 Å². The van der Waals surface area contributed by atoms with Crippen molar-refractivity contribution in [2.75, 3.05) is 5.32 Å². The van der Waals surface area contributed by atoms with Crippen molar-refractivity contribution in [2.24, 2.45) is 17.8 Å². The van der Waals surface area contributed by atoms with E-state index in [4.69, 9.17) is 12.2 Å². The van der Waals surface area contributed by atoms with Gasteiger partial charge in [-0.05, 0) is 61.0 Å². The molecule has 1 aliphatic rings. The van der Waals surface area contributed by atoms with Crippen LogP contribution in [0.15, 0.2) is 24.3 Å². The highest BCUT2D eigenvalue weighted by atomic mass is 32.1. The minimum Gasteiger partial charge on any atom is -0.359 e. The Morgan fingerprint density at radius 1 is 1.33 bits per heavy atom. The molecule has 0 radical (unpaired) electrons. The molecule has 2 rings (SSSR count). The normalized spacial score (nSPS) is 25.7.